The van der Waals surface area contributed by atoms with Crippen LogP contribution in [-0.4, -0.2) is 24.2 Å². The second-order valence-electron chi connectivity index (χ2n) is 7.42. The van der Waals surface area contributed by atoms with Crippen LogP contribution in [0.3, 0.4) is 0 Å². The lowest BCUT2D eigenvalue weighted by atomic mass is 10.1. The molecule has 34 heavy (non-hydrogen) atoms. The second kappa shape index (κ2) is 10.2. The number of halogens is 1. The molecule has 1 heterocycles. The van der Waals surface area contributed by atoms with E-state index in [1.807, 2.05) is 12.1 Å². The summed E-state index contributed by atoms with van der Waals surface area (Å²) >= 11 is 1.16. The van der Waals surface area contributed by atoms with Crippen LogP contribution in [0.2, 0.25) is 0 Å². The predicted octanol–water partition coefficient (Wildman–Crippen LogP) is 4.90. The second-order valence-corrected chi connectivity index (χ2v) is 8.61. The van der Waals surface area contributed by atoms with Gasteiger partial charge in [-0.2, -0.15) is 5.26 Å². The first-order chi connectivity index (χ1) is 16.5. The average molecular weight is 474 g/mol. The Hall–Kier alpha value is -4.09. The first-order valence-electron chi connectivity index (χ1n) is 10.4. The lowest BCUT2D eigenvalue weighted by Crippen LogP contribution is -2.30. The standard InChI is InChI=1S/C26H20FN3O3S/c1-33-21-13-11-19(12-14-21)29-24(31)22(16-28)26-30(20-5-3-2-4-6-20)25(32)23(34-26)15-17-7-9-18(27)10-8-17/h2-14,23H,15H2,1H3,(H,29,31). The maximum Gasteiger partial charge on any atom is 0.269 e. The Morgan fingerprint density at radius 1 is 1.09 bits per heavy atom. The van der Waals surface area contributed by atoms with E-state index in [4.69, 9.17) is 4.74 Å². The number of benzene rings is 3. The summed E-state index contributed by atoms with van der Waals surface area (Å²) in [6.07, 6.45) is 0.329. The number of carbonyl (C=O) groups excluding carboxylic acids is 2. The van der Waals surface area contributed by atoms with Crippen molar-refractivity contribution in [1.82, 2.24) is 0 Å². The lowest BCUT2D eigenvalue weighted by Gasteiger charge is -2.18. The van der Waals surface area contributed by atoms with Gasteiger partial charge >= 0.3 is 0 Å². The van der Waals surface area contributed by atoms with E-state index < -0.39 is 11.2 Å². The summed E-state index contributed by atoms with van der Waals surface area (Å²) in [6.45, 7) is 0. The van der Waals surface area contributed by atoms with Crippen LogP contribution in [0.4, 0.5) is 15.8 Å². The van der Waals surface area contributed by atoms with E-state index in [0.29, 0.717) is 23.5 Å². The number of carbonyl (C=O) groups is 2. The fourth-order valence-electron chi connectivity index (χ4n) is 3.50. The summed E-state index contributed by atoms with van der Waals surface area (Å²) < 4.78 is 18.4. The summed E-state index contributed by atoms with van der Waals surface area (Å²) in [5.41, 5.74) is 1.66. The molecule has 0 saturated carbocycles. The molecule has 170 valence electrons. The molecule has 0 bridgehead atoms. The van der Waals surface area contributed by atoms with Crippen LogP contribution in [0, 0.1) is 17.1 Å². The Balaban J connectivity index is 1.68. The van der Waals surface area contributed by atoms with Crippen molar-refractivity contribution >= 4 is 35.0 Å². The highest BCUT2D eigenvalue weighted by Gasteiger charge is 2.40. The molecule has 1 saturated heterocycles. The molecule has 8 heteroatoms. The molecule has 1 unspecified atom stereocenters. The Bertz CT molecular complexity index is 1270. The first-order valence-corrected chi connectivity index (χ1v) is 11.3. The van der Waals surface area contributed by atoms with Gasteiger partial charge in [0, 0.05) is 11.4 Å². The molecule has 0 aromatic heterocycles. The molecule has 6 nitrogen and oxygen atoms in total. The van der Waals surface area contributed by atoms with Gasteiger partial charge in [0.05, 0.1) is 12.4 Å². The zero-order chi connectivity index (χ0) is 24.1. The molecular weight excluding hydrogens is 453 g/mol. The van der Waals surface area contributed by atoms with Crippen LogP contribution >= 0.6 is 11.8 Å². The Labute approximate surface area is 200 Å². The number of anilines is 2. The first kappa shape index (κ1) is 23.1. The number of hydrogen-bond acceptors (Lipinski definition) is 5. The molecule has 1 aliphatic rings. The average Bonchev–Trinajstić information content (AvgIpc) is 3.17. The van der Waals surface area contributed by atoms with E-state index in [0.717, 1.165) is 17.3 Å². The molecular formula is C26H20FN3O3S. The van der Waals surface area contributed by atoms with Crippen molar-refractivity contribution in [2.45, 2.75) is 11.7 Å². The van der Waals surface area contributed by atoms with Gasteiger partial charge in [0.2, 0.25) is 5.91 Å². The third-order valence-electron chi connectivity index (χ3n) is 5.20. The third-order valence-corrected chi connectivity index (χ3v) is 6.46. The van der Waals surface area contributed by atoms with Crippen LogP contribution in [0.25, 0.3) is 0 Å². The number of amides is 2. The van der Waals surface area contributed by atoms with Crippen molar-refractivity contribution in [1.29, 1.82) is 5.26 Å². The highest BCUT2D eigenvalue weighted by Crippen LogP contribution is 2.42. The molecule has 0 spiro atoms. The highest BCUT2D eigenvalue weighted by atomic mass is 32.2. The minimum atomic E-state index is -0.619. The zero-order valence-corrected chi connectivity index (χ0v) is 19.0. The number of nitrogens with zero attached hydrogens (tertiary/aromatic N) is 2. The maximum atomic E-state index is 13.4. The number of ether oxygens (including phenoxy) is 1. The van der Waals surface area contributed by atoms with Crippen LogP contribution in [0.1, 0.15) is 5.56 Å². The van der Waals surface area contributed by atoms with Crippen molar-refractivity contribution in [3.05, 3.63) is 101 Å². The molecule has 0 radical (unpaired) electrons. The summed E-state index contributed by atoms with van der Waals surface area (Å²) in [5, 5.41) is 12.3. The number of nitriles is 1. The maximum absolute atomic E-state index is 13.4. The van der Waals surface area contributed by atoms with Crippen LogP contribution < -0.4 is 15.0 Å². The lowest BCUT2D eigenvalue weighted by molar-refractivity contribution is -0.117. The van der Waals surface area contributed by atoms with Crippen LogP contribution in [0.15, 0.2) is 89.5 Å². The number of rotatable bonds is 6. The summed E-state index contributed by atoms with van der Waals surface area (Å²) in [4.78, 5) is 27.9. The monoisotopic (exact) mass is 473 g/mol. The molecule has 1 atom stereocenters. The molecule has 1 aliphatic heterocycles. The Morgan fingerprint density at radius 3 is 2.38 bits per heavy atom. The fraction of sp³-hybridized carbons (Fsp3) is 0.115. The Morgan fingerprint density at radius 2 is 1.76 bits per heavy atom. The fourth-order valence-corrected chi connectivity index (χ4v) is 4.81. The van der Waals surface area contributed by atoms with Crippen molar-refractivity contribution in [2.75, 3.05) is 17.3 Å². The van der Waals surface area contributed by atoms with Gasteiger partial charge in [-0.3, -0.25) is 14.5 Å². The van der Waals surface area contributed by atoms with E-state index in [2.05, 4.69) is 5.32 Å². The van der Waals surface area contributed by atoms with E-state index in [1.165, 1.54) is 17.0 Å². The molecule has 1 N–H and O–H groups in total. The van der Waals surface area contributed by atoms with Gasteiger partial charge in [0.1, 0.15) is 28.2 Å². The van der Waals surface area contributed by atoms with Gasteiger partial charge in [-0.25, -0.2) is 4.39 Å². The molecule has 2 amide bonds. The number of thioether (sulfide) groups is 1. The predicted molar refractivity (Wildman–Crippen MR) is 130 cm³/mol. The largest absolute Gasteiger partial charge is 0.497 e. The molecule has 3 aromatic rings. The normalized spacial score (nSPS) is 16.7. The van der Waals surface area contributed by atoms with Crippen molar-refractivity contribution < 1.29 is 18.7 Å². The SMILES string of the molecule is COc1ccc(NC(=O)C(C#N)=C2SC(Cc3ccc(F)cc3)C(=O)N2c2ccccc2)cc1. The number of nitrogens with one attached hydrogen (secondary N) is 1. The van der Waals surface area contributed by atoms with Gasteiger partial charge in [-0.15, -0.1) is 0 Å². The number of methoxy groups -OCH3 is 1. The third kappa shape index (κ3) is 4.95. The van der Waals surface area contributed by atoms with Gasteiger partial charge in [0.15, 0.2) is 0 Å². The van der Waals surface area contributed by atoms with E-state index in [1.54, 1.807) is 67.8 Å². The molecule has 0 aliphatic carbocycles. The minimum Gasteiger partial charge on any atom is -0.497 e. The van der Waals surface area contributed by atoms with Gasteiger partial charge in [0.25, 0.3) is 5.91 Å². The number of hydrogen-bond donors (Lipinski definition) is 1. The van der Waals surface area contributed by atoms with Crippen molar-refractivity contribution in [3.8, 4) is 11.8 Å². The van der Waals surface area contributed by atoms with Crippen LogP contribution in [0.5, 0.6) is 5.75 Å². The van der Waals surface area contributed by atoms with Gasteiger partial charge in [-0.1, -0.05) is 42.1 Å². The van der Waals surface area contributed by atoms with Crippen LogP contribution in [-0.2, 0) is 16.0 Å². The van der Waals surface area contributed by atoms with E-state index in [9.17, 15) is 19.2 Å². The summed E-state index contributed by atoms with van der Waals surface area (Å²) in [5.74, 6) is -0.595. The smallest absolute Gasteiger partial charge is 0.269 e. The molecule has 3 aromatic carbocycles. The summed E-state index contributed by atoms with van der Waals surface area (Å²) in [7, 11) is 1.54. The van der Waals surface area contributed by atoms with E-state index in [-0.39, 0.29) is 22.3 Å². The highest BCUT2D eigenvalue weighted by molar-refractivity contribution is 8.05. The van der Waals surface area contributed by atoms with Gasteiger partial charge in [-0.05, 0) is 60.5 Å². The zero-order valence-electron chi connectivity index (χ0n) is 18.2. The Kier molecular flexibility index (Phi) is 6.95. The molecule has 1 fully saturated rings. The quantitative estimate of drug-likeness (QED) is 0.407. The van der Waals surface area contributed by atoms with Crippen molar-refractivity contribution in [2.24, 2.45) is 0 Å². The number of para-hydroxylation sites is 1. The topological polar surface area (TPSA) is 82.4 Å². The van der Waals surface area contributed by atoms with Gasteiger partial charge < -0.3 is 10.1 Å². The van der Waals surface area contributed by atoms with Crippen molar-refractivity contribution in [3.63, 3.8) is 0 Å². The molecule has 4 rings (SSSR count). The van der Waals surface area contributed by atoms with E-state index >= 15 is 0 Å². The summed E-state index contributed by atoms with van der Waals surface area (Å²) in [6, 6.07) is 23.5. The minimum absolute atomic E-state index is 0.167.